The molecule has 16 heavy (non-hydrogen) atoms. The van der Waals surface area contributed by atoms with E-state index in [-0.39, 0.29) is 11.4 Å². The SMILES string of the molecule is CCCC(C)(CC)C(=O)Oc1ccccc1. The number of hydrogen-bond acceptors (Lipinski definition) is 2. The van der Waals surface area contributed by atoms with Crippen molar-refractivity contribution in [1.82, 2.24) is 0 Å². The van der Waals surface area contributed by atoms with Crippen molar-refractivity contribution in [3.05, 3.63) is 30.3 Å². The number of carbonyl (C=O) groups is 1. The highest BCUT2D eigenvalue weighted by Gasteiger charge is 2.32. The van der Waals surface area contributed by atoms with E-state index in [0.717, 1.165) is 19.3 Å². The van der Waals surface area contributed by atoms with Gasteiger partial charge >= 0.3 is 5.97 Å². The van der Waals surface area contributed by atoms with Gasteiger partial charge in [0.1, 0.15) is 5.75 Å². The molecular weight excluding hydrogens is 200 g/mol. The van der Waals surface area contributed by atoms with Gasteiger partial charge in [-0.05, 0) is 31.9 Å². The van der Waals surface area contributed by atoms with Crippen molar-refractivity contribution < 1.29 is 9.53 Å². The van der Waals surface area contributed by atoms with Gasteiger partial charge in [0.2, 0.25) is 0 Å². The lowest BCUT2D eigenvalue weighted by Gasteiger charge is -2.25. The molecule has 0 saturated heterocycles. The zero-order chi connectivity index (χ0) is 12.0. The van der Waals surface area contributed by atoms with Crippen LogP contribution in [0.4, 0.5) is 0 Å². The lowest BCUT2D eigenvalue weighted by atomic mass is 9.83. The molecule has 88 valence electrons. The van der Waals surface area contributed by atoms with Crippen molar-refractivity contribution in [3.63, 3.8) is 0 Å². The van der Waals surface area contributed by atoms with E-state index >= 15 is 0 Å². The van der Waals surface area contributed by atoms with Crippen LogP contribution in [0.5, 0.6) is 5.75 Å². The number of carbonyl (C=O) groups excluding carboxylic acids is 1. The Bertz CT molecular complexity index is 332. The van der Waals surface area contributed by atoms with Gasteiger partial charge in [-0.2, -0.15) is 0 Å². The van der Waals surface area contributed by atoms with Gasteiger partial charge in [-0.1, -0.05) is 38.5 Å². The van der Waals surface area contributed by atoms with E-state index in [9.17, 15) is 4.79 Å². The van der Waals surface area contributed by atoms with Crippen molar-refractivity contribution in [3.8, 4) is 5.75 Å². The molecule has 0 aromatic heterocycles. The molecule has 1 aromatic carbocycles. The van der Waals surface area contributed by atoms with E-state index in [1.165, 1.54) is 0 Å². The van der Waals surface area contributed by atoms with Crippen molar-refractivity contribution in [2.45, 2.75) is 40.0 Å². The zero-order valence-electron chi connectivity index (χ0n) is 10.3. The summed E-state index contributed by atoms with van der Waals surface area (Å²) in [5, 5.41) is 0. The van der Waals surface area contributed by atoms with Crippen LogP contribution in [0.2, 0.25) is 0 Å². The van der Waals surface area contributed by atoms with Gasteiger partial charge in [0.05, 0.1) is 5.41 Å². The summed E-state index contributed by atoms with van der Waals surface area (Å²) in [6, 6.07) is 9.25. The van der Waals surface area contributed by atoms with Crippen LogP contribution in [-0.2, 0) is 4.79 Å². The molecule has 0 amide bonds. The molecule has 0 aliphatic rings. The largest absolute Gasteiger partial charge is 0.426 e. The summed E-state index contributed by atoms with van der Waals surface area (Å²) in [7, 11) is 0. The van der Waals surface area contributed by atoms with Crippen LogP contribution in [0.3, 0.4) is 0 Å². The van der Waals surface area contributed by atoms with Gasteiger partial charge in [0, 0.05) is 0 Å². The van der Waals surface area contributed by atoms with E-state index in [4.69, 9.17) is 4.74 Å². The molecule has 0 aliphatic carbocycles. The standard InChI is InChI=1S/C14H20O2/c1-4-11-14(3,5-2)13(15)16-12-9-7-6-8-10-12/h6-10H,4-5,11H2,1-3H3. The third-order valence-corrected chi connectivity index (χ3v) is 3.03. The van der Waals surface area contributed by atoms with Crippen molar-refractivity contribution in [1.29, 1.82) is 0 Å². The summed E-state index contributed by atoms with van der Waals surface area (Å²) in [4.78, 5) is 12.0. The Morgan fingerprint density at radius 2 is 1.88 bits per heavy atom. The van der Waals surface area contributed by atoms with Gasteiger partial charge in [0.15, 0.2) is 0 Å². The molecule has 2 heteroatoms. The number of para-hydroxylation sites is 1. The Hall–Kier alpha value is -1.31. The lowest BCUT2D eigenvalue weighted by Crippen LogP contribution is -2.31. The molecular formula is C14H20O2. The topological polar surface area (TPSA) is 26.3 Å². The number of ether oxygens (including phenoxy) is 1. The van der Waals surface area contributed by atoms with Crippen molar-refractivity contribution >= 4 is 5.97 Å². The Morgan fingerprint density at radius 1 is 1.25 bits per heavy atom. The van der Waals surface area contributed by atoms with Gasteiger partial charge < -0.3 is 4.74 Å². The van der Waals surface area contributed by atoms with Crippen LogP contribution in [-0.4, -0.2) is 5.97 Å². The number of rotatable bonds is 5. The van der Waals surface area contributed by atoms with E-state index in [1.54, 1.807) is 12.1 Å². The van der Waals surface area contributed by atoms with Crippen molar-refractivity contribution in [2.75, 3.05) is 0 Å². The molecule has 0 N–H and O–H groups in total. The fourth-order valence-electron chi connectivity index (χ4n) is 1.69. The summed E-state index contributed by atoms with van der Waals surface area (Å²) >= 11 is 0. The molecule has 0 spiro atoms. The summed E-state index contributed by atoms with van der Waals surface area (Å²) in [5.74, 6) is 0.506. The third-order valence-electron chi connectivity index (χ3n) is 3.03. The van der Waals surface area contributed by atoms with Crippen LogP contribution in [0.25, 0.3) is 0 Å². The average Bonchev–Trinajstić information content (AvgIpc) is 2.30. The molecule has 0 aliphatic heterocycles. The van der Waals surface area contributed by atoms with E-state index < -0.39 is 0 Å². The van der Waals surface area contributed by atoms with Gasteiger partial charge in [-0.25, -0.2) is 0 Å². The molecule has 1 rings (SSSR count). The minimum Gasteiger partial charge on any atom is -0.426 e. The summed E-state index contributed by atoms with van der Waals surface area (Å²) in [6.07, 6.45) is 2.68. The molecule has 0 radical (unpaired) electrons. The Kier molecular flexibility index (Phi) is 4.53. The highest BCUT2D eigenvalue weighted by atomic mass is 16.5. The van der Waals surface area contributed by atoms with Crippen LogP contribution in [0.15, 0.2) is 30.3 Å². The molecule has 0 fully saturated rings. The van der Waals surface area contributed by atoms with Crippen molar-refractivity contribution in [2.24, 2.45) is 5.41 Å². The first-order valence-electron chi connectivity index (χ1n) is 5.89. The van der Waals surface area contributed by atoms with Gasteiger partial charge in [-0.3, -0.25) is 4.79 Å². The van der Waals surface area contributed by atoms with E-state index in [0.29, 0.717) is 5.75 Å². The second kappa shape index (κ2) is 5.69. The lowest BCUT2D eigenvalue weighted by molar-refractivity contribution is -0.145. The normalized spacial score (nSPS) is 14.2. The highest BCUT2D eigenvalue weighted by Crippen LogP contribution is 2.29. The number of esters is 1. The molecule has 2 nitrogen and oxygen atoms in total. The first-order valence-corrected chi connectivity index (χ1v) is 5.89. The van der Waals surface area contributed by atoms with E-state index in [2.05, 4.69) is 6.92 Å². The minimum absolute atomic E-state index is 0.122. The molecule has 0 bridgehead atoms. The Balaban J connectivity index is 2.70. The molecule has 0 heterocycles. The smallest absolute Gasteiger partial charge is 0.317 e. The second-order valence-corrected chi connectivity index (χ2v) is 4.37. The van der Waals surface area contributed by atoms with Gasteiger partial charge in [0.25, 0.3) is 0 Å². The highest BCUT2D eigenvalue weighted by molar-refractivity contribution is 5.78. The number of benzene rings is 1. The van der Waals surface area contributed by atoms with Crippen LogP contribution >= 0.6 is 0 Å². The zero-order valence-corrected chi connectivity index (χ0v) is 10.3. The Morgan fingerprint density at radius 3 is 2.38 bits per heavy atom. The predicted octanol–water partition coefficient (Wildman–Crippen LogP) is 3.81. The summed E-state index contributed by atoms with van der Waals surface area (Å²) in [6.45, 7) is 6.09. The first-order chi connectivity index (χ1) is 7.62. The van der Waals surface area contributed by atoms with Crippen LogP contribution in [0, 0.1) is 5.41 Å². The fraction of sp³-hybridized carbons (Fsp3) is 0.500. The average molecular weight is 220 g/mol. The second-order valence-electron chi connectivity index (χ2n) is 4.37. The maximum absolute atomic E-state index is 12.0. The minimum atomic E-state index is -0.357. The summed E-state index contributed by atoms with van der Waals surface area (Å²) < 4.78 is 5.38. The van der Waals surface area contributed by atoms with Gasteiger partial charge in [-0.15, -0.1) is 0 Å². The molecule has 0 saturated carbocycles. The molecule has 1 unspecified atom stereocenters. The molecule has 1 atom stereocenters. The quantitative estimate of drug-likeness (QED) is 0.557. The maximum atomic E-state index is 12.0. The maximum Gasteiger partial charge on any atom is 0.317 e. The van der Waals surface area contributed by atoms with Crippen LogP contribution in [0.1, 0.15) is 40.0 Å². The monoisotopic (exact) mass is 220 g/mol. The number of hydrogen-bond donors (Lipinski definition) is 0. The van der Waals surface area contributed by atoms with Crippen LogP contribution < -0.4 is 4.74 Å². The van der Waals surface area contributed by atoms with E-state index in [1.807, 2.05) is 32.0 Å². The predicted molar refractivity (Wildman–Crippen MR) is 65.4 cm³/mol. The third kappa shape index (κ3) is 3.09. The molecule has 1 aromatic rings. The summed E-state index contributed by atoms with van der Waals surface area (Å²) in [5.41, 5.74) is -0.357. The Labute approximate surface area is 97.6 Å². The first kappa shape index (κ1) is 12.8. The fourth-order valence-corrected chi connectivity index (χ4v) is 1.69.